The average molecular weight is 167 g/mol. The third-order valence-electron chi connectivity index (χ3n) is 1.73. The molecule has 0 spiro atoms. The molecule has 0 radical (unpaired) electrons. The molecule has 1 rings (SSSR count). The van der Waals surface area contributed by atoms with Crippen LogP contribution in [0.15, 0.2) is 18.2 Å². The second kappa shape index (κ2) is 3.45. The van der Waals surface area contributed by atoms with Crippen LogP contribution in [0.25, 0.3) is 0 Å². The normalized spacial score (nSPS) is 12.6. The zero-order chi connectivity index (χ0) is 9.14. The second-order valence-corrected chi connectivity index (χ2v) is 2.72. The number of nitrogens with two attached hydrogens (primary N) is 1. The molecule has 0 saturated heterocycles. The van der Waals surface area contributed by atoms with E-state index in [-0.39, 0.29) is 11.8 Å². The van der Waals surface area contributed by atoms with E-state index in [4.69, 9.17) is 10.5 Å². The molecule has 12 heavy (non-hydrogen) atoms. The van der Waals surface area contributed by atoms with E-state index < -0.39 is 0 Å². The van der Waals surface area contributed by atoms with Gasteiger partial charge in [-0.2, -0.15) is 0 Å². The van der Waals surface area contributed by atoms with Crippen molar-refractivity contribution in [3.8, 4) is 11.5 Å². The van der Waals surface area contributed by atoms with Gasteiger partial charge < -0.3 is 15.6 Å². The Hall–Kier alpha value is -1.22. The van der Waals surface area contributed by atoms with Crippen molar-refractivity contribution < 1.29 is 9.84 Å². The molecule has 0 aliphatic carbocycles. The van der Waals surface area contributed by atoms with E-state index in [1.165, 1.54) is 7.11 Å². The van der Waals surface area contributed by atoms with Crippen LogP contribution in [0.4, 0.5) is 0 Å². The van der Waals surface area contributed by atoms with Crippen molar-refractivity contribution in [3.63, 3.8) is 0 Å². The van der Waals surface area contributed by atoms with Crippen LogP contribution >= 0.6 is 0 Å². The van der Waals surface area contributed by atoms with Crippen molar-refractivity contribution >= 4 is 0 Å². The van der Waals surface area contributed by atoms with Gasteiger partial charge in [0.25, 0.3) is 0 Å². The minimum atomic E-state index is -0.0421. The van der Waals surface area contributed by atoms with Crippen LogP contribution in [0.5, 0.6) is 11.5 Å². The van der Waals surface area contributed by atoms with E-state index in [2.05, 4.69) is 0 Å². The summed E-state index contributed by atoms with van der Waals surface area (Å²) < 4.78 is 4.93. The van der Waals surface area contributed by atoms with Gasteiger partial charge in [-0.15, -0.1) is 0 Å². The Balaban J connectivity index is 3.05. The van der Waals surface area contributed by atoms with E-state index in [1.807, 2.05) is 6.92 Å². The molecule has 0 aliphatic rings. The smallest absolute Gasteiger partial charge is 0.160 e. The van der Waals surface area contributed by atoms with Crippen LogP contribution in [-0.2, 0) is 0 Å². The molecule has 1 aromatic carbocycles. The van der Waals surface area contributed by atoms with Gasteiger partial charge in [0.15, 0.2) is 11.5 Å². The average Bonchev–Trinajstić information content (AvgIpc) is 2.05. The first-order valence-corrected chi connectivity index (χ1v) is 3.77. The van der Waals surface area contributed by atoms with Crippen LogP contribution < -0.4 is 10.5 Å². The highest BCUT2D eigenvalue weighted by atomic mass is 16.5. The maximum atomic E-state index is 9.25. The lowest BCUT2D eigenvalue weighted by Gasteiger charge is -2.08. The third-order valence-corrected chi connectivity index (χ3v) is 1.73. The van der Waals surface area contributed by atoms with Gasteiger partial charge >= 0.3 is 0 Å². The minimum absolute atomic E-state index is 0.0421. The summed E-state index contributed by atoms with van der Waals surface area (Å²) in [4.78, 5) is 0. The van der Waals surface area contributed by atoms with Gasteiger partial charge in [0.05, 0.1) is 7.11 Å². The van der Waals surface area contributed by atoms with E-state index >= 15 is 0 Å². The fourth-order valence-corrected chi connectivity index (χ4v) is 0.977. The number of ether oxygens (including phenoxy) is 1. The molecule has 0 heterocycles. The highest BCUT2D eigenvalue weighted by molar-refractivity contribution is 5.42. The van der Waals surface area contributed by atoms with Gasteiger partial charge in [-0.25, -0.2) is 0 Å². The Kier molecular flexibility index (Phi) is 2.55. The van der Waals surface area contributed by atoms with Crippen LogP contribution in [-0.4, -0.2) is 12.2 Å². The first-order chi connectivity index (χ1) is 5.65. The highest BCUT2D eigenvalue weighted by Gasteiger charge is 2.04. The minimum Gasteiger partial charge on any atom is -0.504 e. The van der Waals surface area contributed by atoms with Crippen molar-refractivity contribution in [2.75, 3.05) is 7.11 Å². The zero-order valence-corrected chi connectivity index (χ0v) is 7.24. The van der Waals surface area contributed by atoms with Crippen LogP contribution in [0.3, 0.4) is 0 Å². The Morgan fingerprint density at radius 3 is 2.67 bits per heavy atom. The fourth-order valence-electron chi connectivity index (χ4n) is 0.977. The summed E-state index contributed by atoms with van der Waals surface area (Å²) >= 11 is 0. The Bertz CT molecular complexity index is 271. The lowest BCUT2D eigenvalue weighted by atomic mass is 10.1. The van der Waals surface area contributed by atoms with Crippen LogP contribution in [0.1, 0.15) is 18.5 Å². The Labute approximate surface area is 71.8 Å². The number of aromatic hydroxyl groups is 1. The van der Waals surface area contributed by atoms with E-state index in [0.717, 1.165) is 5.56 Å². The lowest BCUT2D eigenvalue weighted by Crippen LogP contribution is -2.04. The highest BCUT2D eigenvalue weighted by Crippen LogP contribution is 2.27. The quantitative estimate of drug-likeness (QED) is 0.700. The molecule has 0 amide bonds. The summed E-state index contributed by atoms with van der Waals surface area (Å²) in [6, 6.07) is 5.06. The zero-order valence-electron chi connectivity index (χ0n) is 7.24. The van der Waals surface area contributed by atoms with E-state index in [1.54, 1.807) is 18.2 Å². The van der Waals surface area contributed by atoms with Gasteiger partial charge in [-0.05, 0) is 24.6 Å². The molecule has 66 valence electrons. The van der Waals surface area contributed by atoms with Crippen molar-refractivity contribution in [3.05, 3.63) is 23.8 Å². The van der Waals surface area contributed by atoms with Crippen molar-refractivity contribution in [1.29, 1.82) is 0 Å². The molecule has 1 atom stereocenters. The van der Waals surface area contributed by atoms with E-state index in [0.29, 0.717) is 5.75 Å². The molecular weight excluding hydrogens is 154 g/mol. The molecule has 0 aliphatic heterocycles. The lowest BCUT2D eigenvalue weighted by molar-refractivity contribution is 0.372. The Morgan fingerprint density at radius 1 is 1.50 bits per heavy atom. The van der Waals surface area contributed by atoms with E-state index in [9.17, 15) is 5.11 Å². The monoisotopic (exact) mass is 167 g/mol. The van der Waals surface area contributed by atoms with Gasteiger partial charge in [0.2, 0.25) is 0 Å². The van der Waals surface area contributed by atoms with Crippen LogP contribution in [0.2, 0.25) is 0 Å². The summed E-state index contributed by atoms with van der Waals surface area (Å²) in [5.74, 6) is 0.603. The van der Waals surface area contributed by atoms with Crippen molar-refractivity contribution in [2.24, 2.45) is 5.73 Å². The number of phenols is 1. The summed E-state index contributed by atoms with van der Waals surface area (Å²) in [6.45, 7) is 1.88. The first-order valence-electron chi connectivity index (χ1n) is 3.77. The first kappa shape index (κ1) is 8.87. The number of phenolic OH excluding ortho intramolecular Hbond substituents is 1. The standard InChI is InChI=1S/C9H13NO2/c1-6(10)7-3-4-8(11)9(5-7)12-2/h3-6,11H,10H2,1-2H3/t6-/m1/s1. The SMILES string of the molecule is COc1cc([C@@H](C)N)ccc1O. The molecule has 3 nitrogen and oxygen atoms in total. The summed E-state index contributed by atoms with van der Waals surface area (Å²) in [5.41, 5.74) is 6.60. The predicted octanol–water partition coefficient (Wildman–Crippen LogP) is 1.42. The van der Waals surface area contributed by atoms with Crippen LogP contribution in [0, 0.1) is 0 Å². The van der Waals surface area contributed by atoms with Crippen molar-refractivity contribution in [2.45, 2.75) is 13.0 Å². The molecule has 0 bridgehead atoms. The Morgan fingerprint density at radius 2 is 2.17 bits per heavy atom. The maximum absolute atomic E-state index is 9.25. The number of rotatable bonds is 2. The van der Waals surface area contributed by atoms with Gasteiger partial charge in [-0.3, -0.25) is 0 Å². The number of benzene rings is 1. The van der Waals surface area contributed by atoms with Gasteiger partial charge in [0.1, 0.15) is 0 Å². The molecule has 0 aromatic heterocycles. The maximum Gasteiger partial charge on any atom is 0.160 e. The van der Waals surface area contributed by atoms with Gasteiger partial charge in [-0.1, -0.05) is 6.07 Å². The second-order valence-electron chi connectivity index (χ2n) is 2.72. The molecular formula is C9H13NO2. The topological polar surface area (TPSA) is 55.5 Å². The summed E-state index contributed by atoms with van der Waals surface area (Å²) in [6.07, 6.45) is 0. The largest absolute Gasteiger partial charge is 0.504 e. The summed E-state index contributed by atoms with van der Waals surface area (Å²) in [5, 5.41) is 9.25. The van der Waals surface area contributed by atoms with Gasteiger partial charge in [0, 0.05) is 6.04 Å². The molecule has 0 fully saturated rings. The summed E-state index contributed by atoms with van der Waals surface area (Å²) in [7, 11) is 1.51. The number of methoxy groups -OCH3 is 1. The molecule has 1 aromatic rings. The number of hydrogen-bond acceptors (Lipinski definition) is 3. The molecule has 0 saturated carbocycles. The third kappa shape index (κ3) is 1.68. The fraction of sp³-hybridized carbons (Fsp3) is 0.333. The number of hydrogen-bond donors (Lipinski definition) is 2. The van der Waals surface area contributed by atoms with Crippen molar-refractivity contribution in [1.82, 2.24) is 0 Å². The predicted molar refractivity (Wildman–Crippen MR) is 47.3 cm³/mol. The molecule has 3 N–H and O–H groups in total. The molecule has 3 heteroatoms. The molecule has 0 unspecified atom stereocenters.